The van der Waals surface area contributed by atoms with Gasteiger partial charge in [0.15, 0.2) is 0 Å². The number of hydrogen-bond acceptors (Lipinski definition) is 5. The second-order valence-electron chi connectivity index (χ2n) is 4.34. The largest absolute Gasteiger partial charge is 0.460 e. The molecule has 5 nitrogen and oxygen atoms in total. The summed E-state index contributed by atoms with van der Waals surface area (Å²) in [5.41, 5.74) is -0.618. The molecule has 0 rings (SSSR count). The summed E-state index contributed by atoms with van der Waals surface area (Å²) in [6, 6.07) is 0. The van der Waals surface area contributed by atoms with Crippen LogP contribution in [0.5, 0.6) is 0 Å². The van der Waals surface area contributed by atoms with Crippen LogP contribution in [-0.2, 0) is 14.3 Å². The number of Topliss-reactive ketones (excluding diaryl/α,β-unsaturated/α-hetero) is 1. The number of esters is 1. The minimum absolute atomic E-state index is 0.226. The molecule has 2 N–H and O–H groups in total. The minimum atomic E-state index is -1.10. The van der Waals surface area contributed by atoms with Gasteiger partial charge in [-0.15, -0.1) is 0 Å². The Morgan fingerprint density at radius 1 is 1.33 bits per heavy atom. The second kappa shape index (κ2) is 5.82. The molecule has 15 heavy (non-hydrogen) atoms. The van der Waals surface area contributed by atoms with E-state index in [4.69, 9.17) is 14.9 Å². The van der Waals surface area contributed by atoms with E-state index in [1.807, 2.05) is 0 Å². The van der Waals surface area contributed by atoms with E-state index >= 15 is 0 Å². The summed E-state index contributed by atoms with van der Waals surface area (Å²) in [6.45, 7) is 4.63. The molecule has 5 heteroatoms. The van der Waals surface area contributed by atoms with Crippen molar-refractivity contribution in [2.45, 2.75) is 45.3 Å². The van der Waals surface area contributed by atoms with Gasteiger partial charge in [0.25, 0.3) is 0 Å². The number of aliphatic hydroxyl groups excluding tert-OH is 2. The van der Waals surface area contributed by atoms with E-state index < -0.39 is 30.1 Å². The fourth-order valence-electron chi connectivity index (χ4n) is 0.938. The zero-order chi connectivity index (χ0) is 12.1. The van der Waals surface area contributed by atoms with Crippen molar-refractivity contribution >= 4 is 11.8 Å². The average Bonchev–Trinajstić information content (AvgIpc) is 1.99. The molecule has 0 heterocycles. The first-order chi connectivity index (χ1) is 6.74. The van der Waals surface area contributed by atoms with Crippen molar-refractivity contribution in [3.8, 4) is 0 Å². The molecule has 0 amide bonds. The highest BCUT2D eigenvalue weighted by Crippen LogP contribution is 2.09. The van der Waals surface area contributed by atoms with Crippen LogP contribution in [0.3, 0.4) is 0 Å². The zero-order valence-electron chi connectivity index (χ0n) is 9.32. The topological polar surface area (TPSA) is 83.8 Å². The van der Waals surface area contributed by atoms with Gasteiger partial charge in [-0.05, 0) is 20.8 Å². The Kier molecular flexibility index (Phi) is 5.46. The molecule has 0 unspecified atom stereocenters. The van der Waals surface area contributed by atoms with E-state index in [2.05, 4.69) is 0 Å². The Balaban J connectivity index is 3.92. The third-order valence-corrected chi connectivity index (χ3v) is 1.44. The zero-order valence-corrected chi connectivity index (χ0v) is 9.32. The van der Waals surface area contributed by atoms with Crippen LogP contribution in [0.15, 0.2) is 0 Å². The number of hydrogen-bond donors (Lipinski definition) is 2. The summed E-state index contributed by atoms with van der Waals surface area (Å²) in [6.07, 6.45) is -1.69. The fraction of sp³-hybridized carbons (Fsp3) is 0.800. The van der Waals surface area contributed by atoms with Crippen LogP contribution in [0, 0.1) is 0 Å². The molecule has 0 saturated heterocycles. The predicted octanol–water partition coefficient (Wildman–Crippen LogP) is 0.0306. The molecule has 0 radical (unpaired) electrons. The molecule has 0 spiro atoms. The molecule has 0 aliphatic carbocycles. The summed E-state index contributed by atoms with van der Waals surface area (Å²) < 4.78 is 4.92. The summed E-state index contributed by atoms with van der Waals surface area (Å²) >= 11 is 0. The lowest BCUT2D eigenvalue weighted by atomic mass is 10.1. The number of ether oxygens (including phenoxy) is 1. The lowest BCUT2D eigenvalue weighted by Gasteiger charge is -2.19. The highest BCUT2D eigenvalue weighted by Gasteiger charge is 2.20. The van der Waals surface area contributed by atoms with E-state index in [1.54, 1.807) is 20.8 Å². The van der Waals surface area contributed by atoms with Gasteiger partial charge in [-0.1, -0.05) is 0 Å². The van der Waals surface area contributed by atoms with Gasteiger partial charge in [0.05, 0.1) is 12.7 Å². The van der Waals surface area contributed by atoms with Crippen molar-refractivity contribution in [1.82, 2.24) is 0 Å². The summed E-state index contributed by atoms with van der Waals surface area (Å²) in [5.74, 6) is -1.05. The van der Waals surface area contributed by atoms with E-state index in [1.165, 1.54) is 0 Å². The number of carbonyl (C=O) groups is 2. The van der Waals surface area contributed by atoms with Crippen LogP contribution in [-0.4, -0.2) is 40.3 Å². The molecule has 0 aromatic rings. The summed E-state index contributed by atoms with van der Waals surface area (Å²) in [4.78, 5) is 22.3. The SMILES string of the molecule is CC(C)(C)OC(=O)CC(=O)C[C@H](O)CO. The maximum atomic E-state index is 11.2. The highest BCUT2D eigenvalue weighted by molar-refractivity contribution is 5.95. The molecular formula is C10H18O5. The third kappa shape index (κ3) is 8.08. The summed E-state index contributed by atoms with van der Waals surface area (Å²) in [5, 5.41) is 17.4. The number of carbonyl (C=O) groups excluding carboxylic acids is 2. The minimum Gasteiger partial charge on any atom is -0.460 e. The molecule has 88 valence electrons. The Hall–Kier alpha value is -0.940. The van der Waals surface area contributed by atoms with Crippen LogP contribution in [0.1, 0.15) is 33.6 Å². The quantitative estimate of drug-likeness (QED) is 0.502. The van der Waals surface area contributed by atoms with Crippen molar-refractivity contribution < 1.29 is 24.5 Å². The van der Waals surface area contributed by atoms with Gasteiger partial charge >= 0.3 is 5.97 Å². The van der Waals surface area contributed by atoms with Gasteiger partial charge in [0.2, 0.25) is 0 Å². The molecular weight excluding hydrogens is 200 g/mol. The van der Waals surface area contributed by atoms with Crippen LogP contribution in [0.4, 0.5) is 0 Å². The lowest BCUT2D eigenvalue weighted by Crippen LogP contribution is -2.26. The normalized spacial score (nSPS) is 13.4. The Bertz CT molecular complexity index is 228. The van der Waals surface area contributed by atoms with Crippen molar-refractivity contribution in [2.75, 3.05) is 6.61 Å². The Morgan fingerprint density at radius 3 is 2.27 bits per heavy atom. The van der Waals surface area contributed by atoms with E-state index in [0.717, 1.165) is 0 Å². The van der Waals surface area contributed by atoms with E-state index in [0.29, 0.717) is 0 Å². The summed E-state index contributed by atoms with van der Waals surface area (Å²) in [7, 11) is 0. The average molecular weight is 218 g/mol. The van der Waals surface area contributed by atoms with Crippen LogP contribution >= 0.6 is 0 Å². The molecule has 1 atom stereocenters. The maximum Gasteiger partial charge on any atom is 0.313 e. The van der Waals surface area contributed by atoms with Crippen LogP contribution < -0.4 is 0 Å². The van der Waals surface area contributed by atoms with Gasteiger partial charge in [0.1, 0.15) is 17.8 Å². The third-order valence-electron chi connectivity index (χ3n) is 1.44. The molecule has 0 bridgehead atoms. The molecule has 0 aliphatic heterocycles. The smallest absolute Gasteiger partial charge is 0.313 e. The number of aliphatic hydroxyl groups is 2. The first-order valence-electron chi connectivity index (χ1n) is 4.77. The van der Waals surface area contributed by atoms with Crippen molar-refractivity contribution in [1.29, 1.82) is 0 Å². The standard InChI is InChI=1S/C10H18O5/c1-10(2,3)15-9(14)5-7(12)4-8(13)6-11/h8,11,13H,4-6H2,1-3H3/t8-/m0/s1. The molecule has 0 aliphatic rings. The highest BCUT2D eigenvalue weighted by atomic mass is 16.6. The van der Waals surface area contributed by atoms with E-state index in [9.17, 15) is 9.59 Å². The van der Waals surface area contributed by atoms with Gasteiger partial charge in [-0.25, -0.2) is 0 Å². The van der Waals surface area contributed by atoms with Crippen molar-refractivity contribution in [3.05, 3.63) is 0 Å². The molecule has 0 fully saturated rings. The Morgan fingerprint density at radius 2 is 1.87 bits per heavy atom. The predicted molar refractivity (Wildman–Crippen MR) is 53.2 cm³/mol. The Labute approximate surface area is 89.0 Å². The monoisotopic (exact) mass is 218 g/mol. The molecule has 0 saturated carbocycles. The van der Waals surface area contributed by atoms with Crippen LogP contribution in [0.25, 0.3) is 0 Å². The van der Waals surface area contributed by atoms with E-state index in [-0.39, 0.29) is 12.8 Å². The van der Waals surface area contributed by atoms with Crippen molar-refractivity contribution in [3.63, 3.8) is 0 Å². The van der Waals surface area contributed by atoms with Gasteiger partial charge in [0, 0.05) is 6.42 Å². The first-order valence-corrected chi connectivity index (χ1v) is 4.77. The van der Waals surface area contributed by atoms with Gasteiger partial charge in [-0.3, -0.25) is 9.59 Å². The maximum absolute atomic E-state index is 11.2. The number of rotatable bonds is 5. The number of ketones is 1. The lowest BCUT2D eigenvalue weighted by molar-refractivity contribution is -0.156. The molecule has 0 aromatic carbocycles. The fourth-order valence-corrected chi connectivity index (χ4v) is 0.938. The van der Waals surface area contributed by atoms with Crippen molar-refractivity contribution in [2.24, 2.45) is 0 Å². The molecule has 0 aromatic heterocycles. The van der Waals surface area contributed by atoms with Crippen LogP contribution in [0.2, 0.25) is 0 Å². The van der Waals surface area contributed by atoms with Gasteiger partial charge in [-0.2, -0.15) is 0 Å². The van der Waals surface area contributed by atoms with Gasteiger partial charge < -0.3 is 14.9 Å². The first kappa shape index (κ1) is 14.1. The second-order valence-corrected chi connectivity index (χ2v) is 4.34.